The Morgan fingerprint density at radius 2 is 1.88 bits per heavy atom. The van der Waals surface area contributed by atoms with Gasteiger partial charge in [-0.1, -0.05) is 23.7 Å². The number of amides is 1. The Bertz CT molecular complexity index is 789. The summed E-state index contributed by atoms with van der Waals surface area (Å²) in [7, 11) is 0. The minimum Gasteiger partial charge on any atom is -0.507 e. The van der Waals surface area contributed by atoms with E-state index in [1.807, 2.05) is 6.92 Å². The molecule has 0 aliphatic heterocycles. The molecule has 2 N–H and O–H groups in total. The smallest absolute Gasteiger partial charge is 0.342 e. The van der Waals surface area contributed by atoms with Gasteiger partial charge in [0.25, 0.3) is 5.91 Å². The Hall–Kier alpha value is -2.53. The summed E-state index contributed by atoms with van der Waals surface area (Å²) >= 11 is 5.91. The fourth-order valence-electron chi connectivity index (χ4n) is 2.06. The molecule has 5 nitrogen and oxygen atoms in total. The van der Waals surface area contributed by atoms with Gasteiger partial charge in [0.2, 0.25) is 0 Å². The van der Waals surface area contributed by atoms with Crippen LogP contribution in [0.15, 0.2) is 36.4 Å². The number of nitrogens with one attached hydrogen (secondary N) is 1. The normalized spacial score (nSPS) is 11.7. The summed E-state index contributed by atoms with van der Waals surface area (Å²) in [5.41, 5.74) is 2.21. The fourth-order valence-corrected chi connectivity index (χ4v) is 2.23. The van der Waals surface area contributed by atoms with Gasteiger partial charge in [-0.3, -0.25) is 4.79 Å². The van der Waals surface area contributed by atoms with Crippen LogP contribution in [-0.4, -0.2) is 23.1 Å². The second kappa shape index (κ2) is 7.36. The fraction of sp³-hybridized carbons (Fsp3) is 0.222. The number of esters is 1. The van der Waals surface area contributed by atoms with Crippen LogP contribution >= 0.6 is 11.6 Å². The van der Waals surface area contributed by atoms with Gasteiger partial charge in [-0.2, -0.15) is 0 Å². The molecular formula is C18H18ClNO4. The molecule has 24 heavy (non-hydrogen) atoms. The highest BCUT2D eigenvalue weighted by Crippen LogP contribution is 2.22. The van der Waals surface area contributed by atoms with Crippen LogP contribution in [0.2, 0.25) is 5.02 Å². The van der Waals surface area contributed by atoms with Gasteiger partial charge >= 0.3 is 5.97 Å². The van der Waals surface area contributed by atoms with Crippen LogP contribution in [0.5, 0.6) is 5.75 Å². The topological polar surface area (TPSA) is 75.6 Å². The van der Waals surface area contributed by atoms with Crippen LogP contribution < -0.4 is 5.32 Å². The average Bonchev–Trinajstić information content (AvgIpc) is 2.50. The Morgan fingerprint density at radius 1 is 1.17 bits per heavy atom. The third kappa shape index (κ3) is 4.26. The van der Waals surface area contributed by atoms with E-state index >= 15 is 0 Å². The van der Waals surface area contributed by atoms with Crippen molar-refractivity contribution in [3.8, 4) is 5.75 Å². The molecule has 0 unspecified atom stereocenters. The number of aromatic hydroxyl groups is 1. The molecule has 2 rings (SSSR count). The summed E-state index contributed by atoms with van der Waals surface area (Å²) in [5.74, 6) is -1.43. The predicted molar refractivity (Wildman–Crippen MR) is 92.5 cm³/mol. The van der Waals surface area contributed by atoms with Crippen LogP contribution in [0.25, 0.3) is 0 Å². The van der Waals surface area contributed by atoms with Crippen LogP contribution in [0, 0.1) is 13.8 Å². The summed E-state index contributed by atoms with van der Waals surface area (Å²) in [4.78, 5) is 24.3. The molecule has 1 amide bonds. The number of phenols is 1. The summed E-state index contributed by atoms with van der Waals surface area (Å²) in [6, 6.07) is 9.70. The highest BCUT2D eigenvalue weighted by molar-refractivity contribution is 6.31. The van der Waals surface area contributed by atoms with E-state index in [2.05, 4.69) is 5.32 Å². The van der Waals surface area contributed by atoms with Gasteiger partial charge in [0.05, 0.1) is 0 Å². The number of benzene rings is 2. The van der Waals surface area contributed by atoms with Crippen molar-refractivity contribution in [3.63, 3.8) is 0 Å². The average molecular weight is 348 g/mol. The summed E-state index contributed by atoms with van der Waals surface area (Å²) in [6.45, 7) is 5.07. The molecule has 0 aromatic heterocycles. The minimum absolute atomic E-state index is 0.0131. The van der Waals surface area contributed by atoms with Crippen molar-refractivity contribution >= 4 is 29.2 Å². The van der Waals surface area contributed by atoms with Crippen molar-refractivity contribution in [2.24, 2.45) is 0 Å². The van der Waals surface area contributed by atoms with E-state index in [1.165, 1.54) is 19.1 Å². The van der Waals surface area contributed by atoms with Crippen molar-refractivity contribution in [2.75, 3.05) is 5.32 Å². The molecule has 126 valence electrons. The highest BCUT2D eigenvalue weighted by atomic mass is 35.5. The number of ether oxygens (including phenoxy) is 1. The van der Waals surface area contributed by atoms with E-state index in [0.717, 1.165) is 11.1 Å². The number of carbonyl (C=O) groups is 2. The first-order chi connectivity index (χ1) is 11.3. The Kier molecular flexibility index (Phi) is 5.46. The number of rotatable bonds is 4. The van der Waals surface area contributed by atoms with Crippen LogP contribution in [-0.2, 0) is 9.53 Å². The van der Waals surface area contributed by atoms with E-state index in [4.69, 9.17) is 16.3 Å². The van der Waals surface area contributed by atoms with E-state index in [0.29, 0.717) is 10.7 Å². The number of hydrogen-bond acceptors (Lipinski definition) is 4. The molecule has 2 aromatic carbocycles. The molecule has 0 spiro atoms. The number of phenolic OH excluding ortho intramolecular Hbond substituents is 1. The lowest BCUT2D eigenvalue weighted by Crippen LogP contribution is -2.30. The number of aryl methyl sites for hydroxylation is 2. The Labute approximate surface area is 145 Å². The van der Waals surface area contributed by atoms with Gasteiger partial charge in [-0.15, -0.1) is 0 Å². The first-order valence-electron chi connectivity index (χ1n) is 7.35. The molecule has 2 aromatic rings. The molecule has 1 atom stereocenters. The monoisotopic (exact) mass is 347 g/mol. The van der Waals surface area contributed by atoms with Gasteiger partial charge in [0.15, 0.2) is 6.10 Å². The molecule has 0 aliphatic rings. The number of carbonyl (C=O) groups excluding carboxylic acids is 2. The Morgan fingerprint density at radius 3 is 2.54 bits per heavy atom. The first kappa shape index (κ1) is 17.8. The number of hydrogen-bond donors (Lipinski definition) is 2. The van der Waals surface area contributed by atoms with Gasteiger partial charge < -0.3 is 15.2 Å². The van der Waals surface area contributed by atoms with Crippen molar-refractivity contribution in [3.05, 3.63) is 58.1 Å². The molecule has 0 bridgehead atoms. The molecule has 0 aliphatic carbocycles. The molecule has 0 heterocycles. The van der Waals surface area contributed by atoms with Crippen LogP contribution in [0.1, 0.15) is 28.4 Å². The second-order valence-corrected chi connectivity index (χ2v) is 5.95. The standard InChI is InChI=1S/C18H18ClNO4/c1-10-4-7-14(16(21)8-10)18(23)24-12(3)17(22)20-15-9-13(19)6-5-11(15)2/h4-9,12,21H,1-3H3,(H,20,22)/t12-/m1/s1. The number of anilines is 1. The largest absolute Gasteiger partial charge is 0.507 e. The summed E-state index contributed by atoms with van der Waals surface area (Å²) in [5, 5.41) is 13.0. The Balaban J connectivity index is 2.05. The zero-order valence-electron chi connectivity index (χ0n) is 13.6. The first-order valence-corrected chi connectivity index (χ1v) is 7.73. The van der Waals surface area contributed by atoms with E-state index in [9.17, 15) is 14.7 Å². The third-order valence-electron chi connectivity index (χ3n) is 3.48. The lowest BCUT2D eigenvalue weighted by molar-refractivity contribution is -0.123. The maximum Gasteiger partial charge on any atom is 0.342 e. The van der Waals surface area contributed by atoms with Crippen molar-refractivity contribution in [1.29, 1.82) is 0 Å². The van der Waals surface area contributed by atoms with Crippen LogP contribution in [0.4, 0.5) is 5.69 Å². The van der Waals surface area contributed by atoms with Gasteiger partial charge in [-0.25, -0.2) is 4.79 Å². The van der Waals surface area contributed by atoms with Crippen molar-refractivity contribution in [1.82, 2.24) is 0 Å². The quantitative estimate of drug-likeness (QED) is 0.824. The van der Waals surface area contributed by atoms with Crippen LogP contribution in [0.3, 0.4) is 0 Å². The second-order valence-electron chi connectivity index (χ2n) is 5.52. The van der Waals surface area contributed by atoms with Gasteiger partial charge in [-0.05, 0) is 56.2 Å². The van der Waals surface area contributed by atoms with Gasteiger partial charge in [0.1, 0.15) is 11.3 Å². The maximum atomic E-state index is 12.2. The van der Waals surface area contributed by atoms with Gasteiger partial charge in [0, 0.05) is 10.7 Å². The molecule has 0 saturated carbocycles. The van der Waals surface area contributed by atoms with E-state index in [1.54, 1.807) is 31.2 Å². The van der Waals surface area contributed by atoms with Crippen molar-refractivity contribution < 1.29 is 19.4 Å². The highest BCUT2D eigenvalue weighted by Gasteiger charge is 2.21. The molecule has 6 heteroatoms. The molecule has 0 fully saturated rings. The predicted octanol–water partition coefficient (Wildman–Crippen LogP) is 3.85. The third-order valence-corrected chi connectivity index (χ3v) is 3.72. The summed E-state index contributed by atoms with van der Waals surface area (Å²) < 4.78 is 5.12. The molecule has 0 saturated heterocycles. The van der Waals surface area contributed by atoms with Crippen molar-refractivity contribution in [2.45, 2.75) is 26.9 Å². The van der Waals surface area contributed by atoms with E-state index in [-0.39, 0.29) is 11.3 Å². The zero-order chi connectivity index (χ0) is 17.9. The molecule has 0 radical (unpaired) electrons. The van der Waals surface area contributed by atoms with E-state index < -0.39 is 18.0 Å². The SMILES string of the molecule is Cc1ccc(C(=O)O[C@H](C)C(=O)Nc2cc(Cl)ccc2C)c(O)c1. The molecular weight excluding hydrogens is 330 g/mol. The lowest BCUT2D eigenvalue weighted by atomic mass is 10.1. The maximum absolute atomic E-state index is 12.2. The zero-order valence-corrected chi connectivity index (χ0v) is 14.3. The summed E-state index contributed by atoms with van der Waals surface area (Å²) in [6.07, 6.45) is -1.03. The number of halogens is 1. The lowest BCUT2D eigenvalue weighted by Gasteiger charge is -2.15. The minimum atomic E-state index is -1.03.